The van der Waals surface area contributed by atoms with Crippen molar-refractivity contribution >= 4 is 41.7 Å². The van der Waals surface area contributed by atoms with E-state index in [0.717, 1.165) is 48.3 Å². The second kappa shape index (κ2) is 20.6. The van der Waals surface area contributed by atoms with Crippen molar-refractivity contribution in [1.82, 2.24) is 20.0 Å². The summed E-state index contributed by atoms with van der Waals surface area (Å²) in [5.41, 5.74) is -0.329. The number of hydrogen-bond acceptors (Lipinski definition) is 17. The summed E-state index contributed by atoms with van der Waals surface area (Å²) in [5, 5.41) is 83.6. The second-order valence-corrected chi connectivity index (χ2v) is 18.2. The van der Waals surface area contributed by atoms with Crippen LogP contribution in [-0.2, 0) is 33.6 Å². The van der Waals surface area contributed by atoms with Gasteiger partial charge < -0.3 is 69.8 Å². The Labute approximate surface area is 345 Å². The monoisotopic (exact) mass is 832 g/mol. The number of carbonyl (C=O) groups is 7. The molecule has 334 valence electrons. The van der Waals surface area contributed by atoms with Crippen LogP contribution < -0.4 is 36.0 Å². The first-order chi connectivity index (χ1) is 27.6. The lowest BCUT2D eigenvalue weighted by Crippen LogP contribution is -2.59. The third-order valence-corrected chi connectivity index (χ3v) is 14.9. The number of nitrogens with zero attached hydrogens (tertiary/aromatic N) is 3. The van der Waals surface area contributed by atoms with Gasteiger partial charge in [-0.2, -0.15) is 0 Å². The molecule has 0 radical (unpaired) electrons. The Kier molecular flexibility index (Phi) is 16.7. The predicted molar refractivity (Wildman–Crippen MR) is 194 cm³/mol. The van der Waals surface area contributed by atoms with Crippen molar-refractivity contribution in [2.75, 3.05) is 52.4 Å². The van der Waals surface area contributed by atoms with E-state index in [-0.39, 0.29) is 74.1 Å². The first kappa shape index (κ1) is 47.8. The van der Waals surface area contributed by atoms with Gasteiger partial charge in [-0.3, -0.25) is 19.5 Å². The predicted octanol–water partition coefficient (Wildman–Crippen LogP) is -5.93. The second-order valence-electron chi connectivity index (χ2n) is 18.2. The average Bonchev–Trinajstić information content (AvgIpc) is 3.49. The minimum atomic E-state index is -1.60. The normalized spacial score (nSPS) is 31.1. The van der Waals surface area contributed by atoms with Crippen LogP contribution in [0.15, 0.2) is 0 Å². The lowest BCUT2D eigenvalue weighted by atomic mass is 9.43. The summed E-state index contributed by atoms with van der Waals surface area (Å²) in [6.45, 7) is 2.15. The largest absolute Gasteiger partial charge is 0.550 e. The molecule has 0 aromatic carbocycles. The maximum Gasteiger partial charge on any atom is 0.220 e. The number of carboxylic acid groups (broad SMARTS) is 6. The van der Waals surface area contributed by atoms with Gasteiger partial charge in [0.15, 0.2) is 0 Å². The Bertz CT molecular complexity index is 1470. The van der Waals surface area contributed by atoms with Crippen molar-refractivity contribution in [2.24, 2.45) is 46.3 Å². The highest BCUT2D eigenvalue weighted by Crippen LogP contribution is 2.68. The molecule has 4 rings (SSSR count). The molecule has 59 heavy (non-hydrogen) atoms. The van der Waals surface area contributed by atoms with E-state index in [2.05, 4.69) is 26.1 Å². The Morgan fingerprint density at radius 1 is 0.678 bits per heavy atom. The van der Waals surface area contributed by atoms with Gasteiger partial charge in [0.25, 0.3) is 0 Å². The highest BCUT2D eigenvalue weighted by Gasteiger charge is 2.63. The molecule has 4 aliphatic rings. The number of carboxylic acids is 6. The summed E-state index contributed by atoms with van der Waals surface area (Å²) >= 11 is 0. The van der Waals surface area contributed by atoms with Gasteiger partial charge in [-0.1, -0.05) is 20.8 Å². The minimum absolute atomic E-state index is 0.0112. The molecule has 4 fully saturated rings. The highest BCUT2D eigenvalue weighted by atomic mass is 16.4. The van der Waals surface area contributed by atoms with Gasteiger partial charge in [-0.15, -0.1) is 0 Å². The number of amides is 1. The minimum Gasteiger partial charge on any atom is -0.550 e. The van der Waals surface area contributed by atoms with E-state index in [1.807, 2.05) is 0 Å². The van der Waals surface area contributed by atoms with Crippen molar-refractivity contribution in [3.8, 4) is 0 Å². The van der Waals surface area contributed by atoms with Crippen LogP contribution in [0.2, 0.25) is 0 Å². The highest BCUT2D eigenvalue weighted by molar-refractivity contribution is 5.78. The Morgan fingerprint density at radius 2 is 1.24 bits per heavy atom. The molecule has 0 aromatic rings. The van der Waals surface area contributed by atoms with E-state index < -0.39 is 80.0 Å². The Hall–Kier alpha value is -3.87. The van der Waals surface area contributed by atoms with Crippen molar-refractivity contribution in [3.05, 3.63) is 0 Å². The fourth-order valence-corrected chi connectivity index (χ4v) is 12.0. The molecule has 11 atom stereocenters. The van der Waals surface area contributed by atoms with Crippen molar-refractivity contribution < 1.29 is 69.3 Å². The van der Waals surface area contributed by atoms with Crippen LogP contribution in [0.5, 0.6) is 0 Å². The van der Waals surface area contributed by atoms with Crippen LogP contribution >= 0.6 is 0 Å². The van der Waals surface area contributed by atoms with E-state index in [0.29, 0.717) is 42.9 Å². The molecule has 0 saturated heterocycles. The molecule has 2 N–H and O–H groups in total. The van der Waals surface area contributed by atoms with E-state index in [9.17, 15) is 69.3 Å². The molecule has 4 saturated carbocycles. The van der Waals surface area contributed by atoms with Gasteiger partial charge in [-0.25, -0.2) is 0 Å². The van der Waals surface area contributed by atoms with E-state index in [1.54, 1.807) is 0 Å². The number of fused-ring (bicyclic) bond motifs is 5. The smallest absolute Gasteiger partial charge is 0.220 e. The summed E-state index contributed by atoms with van der Waals surface area (Å²) in [6, 6.07) is -1.65. The summed E-state index contributed by atoms with van der Waals surface area (Å²) in [4.78, 5) is 85.2. The Balaban J connectivity index is 1.39. The van der Waals surface area contributed by atoms with Crippen molar-refractivity contribution in [3.63, 3.8) is 0 Å². The number of aliphatic hydroxyl groups is 1. The molecule has 5 unspecified atom stereocenters. The lowest BCUT2D eigenvalue weighted by molar-refractivity contribution is -0.314. The lowest BCUT2D eigenvalue weighted by Gasteiger charge is -2.62. The maximum absolute atomic E-state index is 13.4. The molecular formula is C41H60N4O14-6. The van der Waals surface area contributed by atoms with Crippen LogP contribution in [0.3, 0.4) is 0 Å². The van der Waals surface area contributed by atoms with Crippen molar-refractivity contribution in [1.29, 1.82) is 0 Å². The number of carbonyl (C=O) groups excluding carboxylic acids is 7. The first-order valence-corrected chi connectivity index (χ1v) is 21.0. The summed E-state index contributed by atoms with van der Waals surface area (Å²) in [5.74, 6) is -7.68. The number of nitrogens with one attached hydrogen (secondary N) is 1. The summed E-state index contributed by atoms with van der Waals surface area (Å²) in [6.07, 6.45) is 6.40. The van der Waals surface area contributed by atoms with Gasteiger partial charge in [0, 0.05) is 76.8 Å². The molecule has 0 heterocycles. The van der Waals surface area contributed by atoms with Gasteiger partial charge in [-0.05, 0) is 117 Å². The SMILES string of the molecule is CC(CCC(=O)[O-])[C@H]1CCC2C3CC[C@@H]4C[C@@H](NC(=O)CCC(C(=O)[O-])N(CCN(CC(=O)[O-])CC(=O)[O-])CCN(CC(=O)[O-])CC(=O)[O-])CC[C@]4(C)C3C[C@H](O)[C@@]21C. The summed E-state index contributed by atoms with van der Waals surface area (Å²) in [7, 11) is 0. The number of aliphatic hydroxyl groups excluding tert-OH is 1. The van der Waals surface area contributed by atoms with Gasteiger partial charge in [0.1, 0.15) is 0 Å². The fourth-order valence-electron chi connectivity index (χ4n) is 12.0. The van der Waals surface area contributed by atoms with Crippen LogP contribution in [0.25, 0.3) is 0 Å². The van der Waals surface area contributed by atoms with Crippen LogP contribution in [0.4, 0.5) is 0 Å². The third-order valence-electron chi connectivity index (χ3n) is 14.9. The molecule has 0 aromatic heterocycles. The zero-order chi connectivity index (χ0) is 43.8. The third kappa shape index (κ3) is 12.1. The topological polar surface area (TPSA) is 300 Å². The quantitative estimate of drug-likeness (QED) is 0.0915. The molecule has 18 nitrogen and oxygen atoms in total. The molecule has 18 heteroatoms. The zero-order valence-electron chi connectivity index (χ0n) is 34.4. The van der Waals surface area contributed by atoms with Crippen LogP contribution in [0, 0.1) is 46.3 Å². The molecule has 0 aliphatic heterocycles. The molecule has 4 aliphatic carbocycles. The first-order valence-electron chi connectivity index (χ1n) is 21.0. The van der Waals surface area contributed by atoms with Gasteiger partial charge >= 0.3 is 0 Å². The number of aliphatic carboxylic acids is 6. The average molecular weight is 833 g/mol. The molecule has 0 spiro atoms. The van der Waals surface area contributed by atoms with Crippen LogP contribution in [0.1, 0.15) is 97.8 Å². The standard InChI is InChI=1S/C41H66N4O14/c1-24(4-11-34(48)49)28-7-8-29-27-6-5-25-18-26(12-13-40(25,2)30(27)19-32(46)41(28,29)3)42-33(47)10-9-31(39(58)59)45(16-14-43(20-35(50)51)21-36(52)53)17-15-44(22-37(54)55)23-38(56)57/h24-32,46H,4-23H2,1-3H3,(H,42,47)(H,48,49)(H,50,51)(H,52,53)(H,54,55)(H,56,57)(H,58,59)/p-6/t24?,25-,26+,27?,28-,29?,30?,31?,32+,40+,41-/m1/s1. The van der Waals surface area contributed by atoms with Gasteiger partial charge in [0.05, 0.1) is 36.0 Å². The molecular weight excluding hydrogens is 772 g/mol. The van der Waals surface area contributed by atoms with Crippen LogP contribution in [-0.4, -0.2) is 132 Å². The number of rotatable bonds is 24. The van der Waals surface area contributed by atoms with Gasteiger partial charge in [0.2, 0.25) is 5.91 Å². The zero-order valence-corrected chi connectivity index (χ0v) is 34.4. The van der Waals surface area contributed by atoms with E-state index >= 15 is 0 Å². The van der Waals surface area contributed by atoms with Crippen molar-refractivity contribution in [2.45, 2.75) is 116 Å². The van der Waals surface area contributed by atoms with E-state index in [4.69, 9.17) is 0 Å². The maximum atomic E-state index is 13.4. The molecule has 0 bridgehead atoms. The molecule has 1 amide bonds. The summed E-state index contributed by atoms with van der Waals surface area (Å²) < 4.78 is 0. The Morgan fingerprint density at radius 3 is 1.75 bits per heavy atom. The number of hydrogen-bond donors (Lipinski definition) is 2. The van der Waals surface area contributed by atoms with E-state index in [1.165, 1.54) is 4.90 Å². The fraction of sp³-hybridized carbons (Fsp3) is 0.829.